The van der Waals surface area contributed by atoms with E-state index in [2.05, 4.69) is 54.5 Å². The van der Waals surface area contributed by atoms with Gasteiger partial charge in [0.1, 0.15) is 61.0 Å². The quantitative estimate of drug-likeness (QED) is 0.0918. The zero-order valence-corrected chi connectivity index (χ0v) is 38.7. The van der Waals surface area contributed by atoms with Crippen LogP contribution in [0.1, 0.15) is 113 Å². The van der Waals surface area contributed by atoms with Crippen molar-refractivity contribution in [2.75, 3.05) is 13.2 Å². The lowest BCUT2D eigenvalue weighted by Gasteiger charge is -2.71. The normalized spacial score (nSPS) is 52.7. The van der Waals surface area contributed by atoms with Crippen molar-refractivity contribution < 1.29 is 89.1 Å². The number of carbonyl (C=O) groups excluding carboxylic acids is 1. The minimum atomic E-state index is -1.84. The van der Waals surface area contributed by atoms with Gasteiger partial charge in [-0.15, -0.1) is 0 Å². The lowest BCUT2D eigenvalue weighted by Crippen LogP contribution is -2.67. The average molecular weight is 927 g/mol. The van der Waals surface area contributed by atoms with Crippen LogP contribution in [0.4, 0.5) is 0 Å². The molecule has 0 aromatic heterocycles. The van der Waals surface area contributed by atoms with Crippen LogP contribution < -0.4 is 0 Å². The second-order valence-electron chi connectivity index (χ2n) is 23.1. The zero-order chi connectivity index (χ0) is 47.6. The van der Waals surface area contributed by atoms with E-state index in [0.29, 0.717) is 19.3 Å². The van der Waals surface area contributed by atoms with Crippen LogP contribution in [0.3, 0.4) is 0 Å². The fraction of sp³-hybridized carbons (Fsp3) is 0.915. The molecule has 4 saturated carbocycles. The van der Waals surface area contributed by atoms with Gasteiger partial charge in [-0.3, -0.25) is 4.79 Å². The fourth-order valence-corrected chi connectivity index (χ4v) is 14.7. The molecule has 18 nitrogen and oxygen atoms in total. The molecule has 3 saturated heterocycles. The maximum atomic E-state index is 14.6. The molecule has 65 heavy (non-hydrogen) atoms. The molecule has 8 rings (SSSR count). The molecule has 8 aliphatic rings. The van der Waals surface area contributed by atoms with Crippen LogP contribution in [-0.2, 0) is 38.0 Å². The number of carboxylic acids is 1. The largest absolute Gasteiger partial charge is 0.479 e. The Morgan fingerprint density at radius 3 is 2.05 bits per heavy atom. The van der Waals surface area contributed by atoms with Crippen LogP contribution in [-0.4, -0.2) is 168 Å². The summed E-state index contributed by atoms with van der Waals surface area (Å²) in [6.45, 7) is 14.9. The fourth-order valence-electron chi connectivity index (χ4n) is 14.7. The number of aliphatic carboxylic acids is 1. The lowest BCUT2D eigenvalue weighted by atomic mass is 9.33. The number of carbonyl (C=O) groups is 2. The Morgan fingerprint density at radius 2 is 1.37 bits per heavy atom. The van der Waals surface area contributed by atoms with Crippen LogP contribution in [0.25, 0.3) is 0 Å². The van der Waals surface area contributed by atoms with E-state index >= 15 is 0 Å². The summed E-state index contributed by atoms with van der Waals surface area (Å²) in [5.41, 5.74) is -0.801. The molecular weight excluding hydrogens is 852 g/mol. The molecule has 370 valence electrons. The number of hydrogen-bond acceptors (Lipinski definition) is 17. The van der Waals surface area contributed by atoms with E-state index in [1.54, 1.807) is 0 Å². The smallest absolute Gasteiger partial charge is 0.335 e. The number of fused-ring (bicyclic) bond motifs is 7. The van der Waals surface area contributed by atoms with Gasteiger partial charge in [-0.25, -0.2) is 4.79 Å². The van der Waals surface area contributed by atoms with Crippen LogP contribution in [0.15, 0.2) is 11.6 Å². The number of esters is 1. The third kappa shape index (κ3) is 7.76. The van der Waals surface area contributed by atoms with Gasteiger partial charge in [0.2, 0.25) is 6.29 Å². The Balaban J connectivity index is 1.01. The molecule has 22 atom stereocenters. The highest BCUT2D eigenvalue weighted by molar-refractivity contribution is 5.79. The van der Waals surface area contributed by atoms with Crippen molar-refractivity contribution >= 4 is 11.9 Å². The molecule has 3 heterocycles. The Labute approximate surface area is 380 Å². The van der Waals surface area contributed by atoms with Crippen molar-refractivity contribution in [2.45, 2.75) is 205 Å². The molecule has 3 aliphatic heterocycles. The summed E-state index contributed by atoms with van der Waals surface area (Å²) >= 11 is 0. The minimum absolute atomic E-state index is 0.0646. The minimum Gasteiger partial charge on any atom is -0.479 e. The van der Waals surface area contributed by atoms with E-state index in [1.165, 1.54) is 5.57 Å². The summed E-state index contributed by atoms with van der Waals surface area (Å²) in [4.78, 5) is 27.2. The zero-order valence-electron chi connectivity index (χ0n) is 38.7. The summed E-state index contributed by atoms with van der Waals surface area (Å²) in [5.74, 6) is -1.77. The molecule has 10 N–H and O–H groups in total. The summed E-state index contributed by atoms with van der Waals surface area (Å²) in [5, 5.41) is 105. The van der Waals surface area contributed by atoms with Crippen LogP contribution >= 0.6 is 0 Å². The topological polar surface area (TPSA) is 292 Å². The van der Waals surface area contributed by atoms with Gasteiger partial charge in [0, 0.05) is 0 Å². The average Bonchev–Trinajstić information content (AvgIpc) is 3.24. The first kappa shape index (κ1) is 49.5. The van der Waals surface area contributed by atoms with E-state index in [0.717, 1.165) is 44.9 Å². The highest BCUT2D eigenvalue weighted by Gasteiger charge is 2.70. The summed E-state index contributed by atoms with van der Waals surface area (Å²) in [6.07, 6.45) is -13.6. The van der Waals surface area contributed by atoms with Gasteiger partial charge < -0.3 is 79.5 Å². The van der Waals surface area contributed by atoms with Gasteiger partial charge in [-0.05, 0) is 109 Å². The van der Waals surface area contributed by atoms with Crippen LogP contribution in [0.2, 0.25) is 0 Å². The van der Waals surface area contributed by atoms with E-state index in [1.807, 2.05) is 0 Å². The Morgan fingerprint density at radius 1 is 0.708 bits per heavy atom. The number of rotatable bonds is 8. The highest BCUT2D eigenvalue weighted by atomic mass is 16.7. The Kier molecular flexibility index (Phi) is 13.1. The Hall–Kier alpha value is -1.88. The monoisotopic (exact) mass is 926 g/mol. The maximum absolute atomic E-state index is 14.6. The van der Waals surface area contributed by atoms with Crippen molar-refractivity contribution in [3.63, 3.8) is 0 Å². The number of ether oxygens (including phenoxy) is 6. The summed E-state index contributed by atoms with van der Waals surface area (Å²) in [6, 6.07) is 0. The van der Waals surface area contributed by atoms with Crippen LogP contribution in [0, 0.1) is 50.2 Å². The van der Waals surface area contributed by atoms with Gasteiger partial charge in [0.05, 0.1) is 24.7 Å². The summed E-state index contributed by atoms with van der Waals surface area (Å²) < 4.78 is 34.9. The summed E-state index contributed by atoms with van der Waals surface area (Å²) in [7, 11) is 0. The van der Waals surface area contributed by atoms with E-state index < -0.39 is 128 Å². The molecule has 0 aromatic carbocycles. The van der Waals surface area contributed by atoms with Gasteiger partial charge >= 0.3 is 11.9 Å². The van der Waals surface area contributed by atoms with Crippen molar-refractivity contribution in [1.29, 1.82) is 0 Å². The van der Waals surface area contributed by atoms with Gasteiger partial charge in [-0.2, -0.15) is 0 Å². The number of aliphatic hydroxyl groups excluding tert-OH is 9. The van der Waals surface area contributed by atoms with E-state index in [9.17, 15) is 60.7 Å². The highest BCUT2D eigenvalue weighted by Crippen LogP contribution is 2.76. The van der Waals surface area contributed by atoms with E-state index in [4.69, 9.17) is 28.4 Å². The number of allylic oxidation sites excluding steroid dienone is 2. The van der Waals surface area contributed by atoms with Gasteiger partial charge in [0.15, 0.2) is 18.7 Å². The van der Waals surface area contributed by atoms with Crippen LogP contribution in [0.5, 0.6) is 0 Å². The molecule has 0 bridgehead atoms. The SMILES string of the molecule is CC1(C)CC[C@]2(C(=O)O[C@@H]3O[C@H](CO)[C@@H](O)[C@H](O)[C@H]3O)CC[C@]3(C)C(=CCC4[C@@]5(C)CC[C@@H](O[C@@H]6O[C@H](C(=O)O)[C@@H](O[C@@H]7OC[C@H](O)[C@H](O)[C@H]7O)[C@H](O)[C@H]6O)C(C)(C)C5CC[C@]43C)[C@@H]2C1. The molecule has 0 spiro atoms. The number of aliphatic hydroxyl groups is 9. The van der Waals surface area contributed by atoms with Gasteiger partial charge in [-0.1, -0.05) is 60.1 Å². The number of carboxylic acid groups (broad SMARTS) is 1. The van der Waals surface area contributed by atoms with Gasteiger partial charge in [0.25, 0.3) is 0 Å². The first-order chi connectivity index (χ1) is 30.3. The molecule has 0 aromatic rings. The molecule has 5 aliphatic carbocycles. The third-order valence-corrected chi connectivity index (χ3v) is 18.9. The third-order valence-electron chi connectivity index (χ3n) is 18.9. The van der Waals surface area contributed by atoms with Crippen molar-refractivity contribution in [3.8, 4) is 0 Å². The van der Waals surface area contributed by atoms with Crippen molar-refractivity contribution in [1.82, 2.24) is 0 Å². The lowest BCUT2D eigenvalue weighted by molar-refractivity contribution is -0.354. The molecule has 2 unspecified atom stereocenters. The number of hydrogen-bond donors (Lipinski definition) is 10. The second kappa shape index (κ2) is 17.2. The Bertz CT molecular complexity index is 1820. The second-order valence-corrected chi connectivity index (χ2v) is 23.1. The molecular formula is C47H74O18. The predicted octanol–water partition coefficient (Wildman–Crippen LogP) is 0.872. The molecule has 0 radical (unpaired) electrons. The van der Waals surface area contributed by atoms with E-state index in [-0.39, 0.29) is 39.4 Å². The molecule has 18 heteroatoms. The molecule has 0 amide bonds. The molecule has 7 fully saturated rings. The first-order valence-electron chi connectivity index (χ1n) is 23.7. The van der Waals surface area contributed by atoms with Crippen molar-refractivity contribution in [3.05, 3.63) is 11.6 Å². The standard InChI is InChI=1S/C47H74O18/c1-42(2)14-16-47(41(59)65-39-33(55)30(52)29(51)24(19-48)61-39)17-15-45(6)21(22(47)18-42)8-9-26-44(5)12-11-27(43(3,4)25(44)10-13-46(26,45)7)62-40-34(56)31(53)35(36(64-40)37(57)58)63-38-32(54)28(50)23(49)20-60-38/h8,22-36,38-40,48-56H,9-20H2,1-7H3,(H,57,58)/t22-,23-,24+,25?,26?,27+,28-,29+,30-,31+,32+,33+,34+,35-,36-,38-,39-,40+,44-,45+,46+,47-/m0/s1. The van der Waals surface area contributed by atoms with Crippen molar-refractivity contribution in [2.24, 2.45) is 50.2 Å². The predicted molar refractivity (Wildman–Crippen MR) is 225 cm³/mol. The first-order valence-corrected chi connectivity index (χ1v) is 23.7. The maximum Gasteiger partial charge on any atom is 0.335 e.